The molecule has 84 valence electrons. The second-order valence-electron chi connectivity index (χ2n) is 3.61. The summed E-state index contributed by atoms with van der Waals surface area (Å²) in [4.78, 5) is 0.410. The van der Waals surface area contributed by atoms with Gasteiger partial charge in [-0.3, -0.25) is 0 Å². The van der Waals surface area contributed by atoms with Gasteiger partial charge in [0.15, 0.2) is 9.84 Å². The highest BCUT2D eigenvalue weighted by Crippen LogP contribution is 2.11. The Morgan fingerprint density at radius 3 is 2.40 bits per heavy atom. The van der Waals surface area contributed by atoms with Gasteiger partial charge in [0, 0.05) is 6.04 Å². The number of hydrogen-bond donors (Lipinski definition) is 1. The van der Waals surface area contributed by atoms with Crippen LogP contribution >= 0.6 is 0 Å². The Kier molecular flexibility index (Phi) is 4.29. The summed E-state index contributed by atoms with van der Waals surface area (Å²) in [5, 5.41) is 3.02. The van der Waals surface area contributed by atoms with Gasteiger partial charge in [0.25, 0.3) is 0 Å². The van der Waals surface area contributed by atoms with Gasteiger partial charge in [0.2, 0.25) is 0 Å². The van der Waals surface area contributed by atoms with Crippen LogP contribution in [0.15, 0.2) is 35.2 Å². The van der Waals surface area contributed by atoms with Crippen molar-refractivity contribution in [3.05, 3.63) is 30.3 Å². The van der Waals surface area contributed by atoms with Crippen LogP contribution in [0.3, 0.4) is 0 Å². The van der Waals surface area contributed by atoms with E-state index in [0.717, 1.165) is 0 Å². The van der Waals surface area contributed by atoms with Crippen molar-refractivity contribution in [2.24, 2.45) is 0 Å². The third kappa shape index (κ3) is 3.64. The Morgan fingerprint density at radius 2 is 1.87 bits per heavy atom. The van der Waals surface area contributed by atoms with Crippen LogP contribution in [-0.2, 0) is 9.84 Å². The molecular weight excluding hydrogens is 210 g/mol. The van der Waals surface area contributed by atoms with Gasteiger partial charge in [-0.25, -0.2) is 8.42 Å². The molecule has 3 nitrogen and oxygen atoms in total. The summed E-state index contributed by atoms with van der Waals surface area (Å²) in [6.07, 6.45) is 0.633. The summed E-state index contributed by atoms with van der Waals surface area (Å²) in [6, 6.07) is 8.81. The van der Waals surface area contributed by atoms with Crippen molar-refractivity contribution in [3.8, 4) is 0 Å². The molecule has 0 aromatic heterocycles. The fourth-order valence-electron chi connectivity index (χ4n) is 1.22. The first-order chi connectivity index (χ1) is 7.06. The van der Waals surface area contributed by atoms with E-state index >= 15 is 0 Å². The first kappa shape index (κ1) is 12.2. The summed E-state index contributed by atoms with van der Waals surface area (Å²) in [6.45, 7) is 1.97. The van der Waals surface area contributed by atoms with Crippen LogP contribution in [0.5, 0.6) is 0 Å². The molecule has 0 saturated carbocycles. The number of sulfone groups is 1. The molecule has 1 atom stereocenters. The van der Waals surface area contributed by atoms with E-state index in [1.54, 1.807) is 24.3 Å². The van der Waals surface area contributed by atoms with Crippen LogP contribution in [0.4, 0.5) is 0 Å². The van der Waals surface area contributed by atoms with E-state index in [1.807, 2.05) is 20.0 Å². The van der Waals surface area contributed by atoms with Gasteiger partial charge in [0.1, 0.15) is 0 Å². The zero-order chi connectivity index (χ0) is 11.3. The highest BCUT2D eigenvalue weighted by atomic mass is 32.2. The zero-order valence-electron chi connectivity index (χ0n) is 9.10. The monoisotopic (exact) mass is 227 g/mol. The van der Waals surface area contributed by atoms with Crippen LogP contribution in [0.25, 0.3) is 0 Å². The lowest BCUT2D eigenvalue weighted by Gasteiger charge is -2.09. The predicted octanol–water partition coefficient (Wildman–Crippen LogP) is 1.46. The smallest absolute Gasteiger partial charge is 0.178 e. The van der Waals surface area contributed by atoms with E-state index in [2.05, 4.69) is 5.32 Å². The Bertz CT molecular complexity index is 386. The largest absolute Gasteiger partial charge is 0.317 e. The van der Waals surface area contributed by atoms with Gasteiger partial charge >= 0.3 is 0 Å². The minimum atomic E-state index is -3.11. The Hall–Kier alpha value is -0.870. The van der Waals surface area contributed by atoms with Gasteiger partial charge in [-0.1, -0.05) is 18.2 Å². The fourth-order valence-corrected chi connectivity index (χ4v) is 2.69. The molecule has 0 amide bonds. The Morgan fingerprint density at radius 1 is 1.27 bits per heavy atom. The van der Waals surface area contributed by atoms with Gasteiger partial charge in [-0.05, 0) is 32.5 Å². The average molecular weight is 227 g/mol. The summed E-state index contributed by atoms with van der Waals surface area (Å²) in [7, 11) is -1.27. The van der Waals surface area contributed by atoms with E-state index in [0.29, 0.717) is 11.3 Å². The summed E-state index contributed by atoms with van der Waals surface area (Å²) in [5.74, 6) is 0.193. The molecule has 1 N–H and O–H groups in total. The van der Waals surface area contributed by atoms with E-state index in [4.69, 9.17) is 0 Å². The molecule has 1 aromatic carbocycles. The maximum atomic E-state index is 11.8. The van der Waals surface area contributed by atoms with Crippen molar-refractivity contribution >= 4 is 9.84 Å². The number of benzene rings is 1. The van der Waals surface area contributed by atoms with Gasteiger partial charge < -0.3 is 5.32 Å². The second kappa shape index (κ2) is 5.28. The van der Waals surface area contributed by atoms with Crippen LogP contribution in [0, 0.1) is 0 Å². The topological polar surface area (TPSA) is 46.2 Å². The van der Waals surface area contributed by atoms with Crippen molar-refractivity contribution in [2.45, 2.75) is 24.3 Å². The summed E-state index contributed by atoms with van der Waals surface area (Å²) >= 11 is 0. The first-order valence-electron chi connectivity index (χ1n) is 5.01. The molecule has 0 radical (unpaired) electrons. The minimum absolute atomic E-state index is 0.193. The zero-order valence-corrected chi connectivity index (χ0v) is 9.92. The SMILES string of the molecule is CNC(C)CCS(=O)(=O)c1ccccc1. The normalized spacial score (nSPS) is 13.7. The molecule has 1 unspecified atom stereocenters. The minimum Gasteiger partial charge on any atom is -0.317 e. The molecule has 0 aliphatic heterocycles. The molecular formula is C11H17NO2S. The third-order valence-electron chi connectivity index (χ3n) is 2.41. The molecule has 4 heteroatoms. The molecule has 0 saturated heterocycles. The van der Waals surface area contributed by atoms with E-state index in [9.17, 15) is 8.42 Å². The highest BCUT2D eigenvalue weighted by Gasteiger charge is 2.14. The standard InChI is InChI=1S/C11H17NO2S/c1-10(12-2)8-9-15(13,14)11-6-4-3-5-7-11/h3-7,10,12H,8-9H2,1-2H3. The van der Waals surface area contributed by atoms with Crippen LogP contribution in [0.1, 0.15) is 13.3 Å². The molecule has 0 heterocycles. The molecule has 0 aliphatic rings. The predicted molar refractivity (Wildman–Crippen MR) is 61.6 cm³/mol. The van der Waals surface area contributed by atoms with Crippen molar-refractivity contribution < 1.29 is 8.42 Å². The lowest BCUT2D eigenvalue weighted by atomic mass is 10.3. The van der Waals surface area contributed by atoms with E-state index in [1.165, 1.54) is 0 Å². The Balaban J connectivity index is 2.69. The number of nitrogens with one attached hydrogen (secondary N) is 1. The quantitative estimate of drug-likeness (QED) is 0.828. The van der Waals surface area contributed by atoms with E-state index < -0.39 is 9.84 Å². The first-order valence-corrected chi connectivity index (χ1v) is 6.66. The van der Waals surface area contributed by atoms with Gasteiger partial charge in [-0.2, -0.15) is 0 Å². The molecule has 0 aliphatic carbocycles. The average Bonchev–Trinajstić information content (AvgIpc) is 2.27. The van der Waals surface area contributed by atoms with Gasteiger partial charge in [0.05, 0.1) is 10.6 Å². The Labute approximate surface area is 91.4 Å². The van der Waals surface area contributed by atoms with Crippen LogP contribution < -0.4 is 5.32 Å². The molecule has 1 rings (SSSR count). The van der Waals surface area contributed by atoms with Crippen molar-refractivity contribution in [1.82, 2.24) is 5.32 Å². The van der Waals surface area contributed by atoms with E-state index in [-0.39, 0.29) is 11.8 Å². The van der Waals surface area contributed by atoms with Gasteiger partial charge in [-0.15, -0.1) is 0 Å². The molecule has 15 heavy (non-hydrogen) atoms. The number of hydrogen-bond acceptors (Lipinski definition) is 3. The third-order valence-corrected chi connectivity index (χ3v) is 4.18. The molecule has 1 aromatic rings. The number of rotatable bonds is 5. The van der Waals surface area contributed by atoms with Crippen molar-refractivity contribution in [1.29, 1.82) is 0 Å². The highest BCUT2D eigenvalue weighted by molar-refractivity contribution is 7.91. The van der Waals surface area contributed by atoms with Crippen molar-refractivity contribution in [3.63, 3.8) is 0 Å². The molecule has 0 fully saturated rings. The summed E-state index contributed by atoms with van der Waals surface area (Å²) in [5.41, 5.74) is 0. The maximum Gasteiger partial charge on any atom is 0.178 e. The maximum absolute atomic E-state index is 11.8. The molecule has 0 spiro atoms. The van der Waals surface area contributed by atoms with Crippen molar-refractivity contribution in [2.75, 3.05) is 12.8 Å². The second-order valence-corrected chi connectivity index (χ2v) is 5.72. The lowest BCUT2D eigenvalue weighted by molar-refractivity contribution is 0.565. The fraction of sp³-hybridized carbons (Fsp3) is 0.455. The summed E-state index contributed by atoms with van der Waals surface area (Å²) < 4.78 is 23.6. The lowest BCUT2D eigenvalue weighted by Crippen LogP contribution is -2.24. The molecule has 0 bridgehead atoms. The van der Waals surface area contributed by atoms with Crippen LogP contribution in [0.2, 0.25) is 0 Å². The van der Waals surface area contributed by atoms with Crippen LogP contribution in [-0.4, -0.2) is 27.3 Å².